The largest absolute Gasteiger partial charge is 0.414 e. The van der Waals surface area contributed by atoms with Gasteiger partial charge in [0.15, 0.2) is 16.6 Å². The molecule has 3 unspecified atom stereocenters. The number of nitrogen functional groups attached to an aromatic ring is 1. The third-order valence-corrected chi connectivity index (χ3v) is 17.6. The highest BCUT2D eigenvalue weighted by Crippen LogP contribution is 2.43. The number of aromatic nitrogens is 3. The Morgan fingerprint density at radius 1 is 1.09 bits per heavy atom. The van der Waals surface area contributed by atoms with E-state index in [0.717, 1.165) is 21.0 Å². The van der Waals surface area contributed by atoms with Crippen LogP contribution in [-0.4, -0.2) is 50.0 Å². The van der Waals surface area contributed by atoms with Crippen LogP contribution in [0.25, 0.3) is 11.0 Å². The SMILES string of the molecule is CC(C)(C)[Si](C)(C)OCC1OC(n2cc(I)c3c(N)ncnc32)CC1O[Si](C)(C)C(C)(C)C. The Hall–Kier alpha value is -0.536. The van der Waals surface area contributed by atoms with Crippen molar-refractivity contribution in [1.29, 1.82) is 0 Å². The molecule has 1 aliphatic rings. The highest BCUT2D eigenvalue weighted by atomic mass is 127. The molecule has 10 heteroatoms. The number of halogens is 1. The monoisotopic (exact) mass is 604 g/mol. The summed E-state index contributed by atoms with van der Waals surface area (Å²) in [4.78, 5) is 8.69. The van der Waals surface area contributed by atoms with Crippen molar-refractivity contribution in [2.24, 2.45) is 0 Å². The highest BCUT2D eigenvalue weighted by Gasteiger charge is 2.46. The Balaban J connectivity index is 1.91. The van der Waals surface area contributed by atoms with Crippen LogP contribution < -0.4 is 5.73 Å². The predicted molar refractivity (Wildman–Crippen MR) is 148 cm³/mol. The fourth-order valence-corrected chi connectivity index (χ4v) is 6.68. The lowest BCUT2D eigenvalue weighted by Gasteiger charge is -2.40. The molecule has 7 nitrogen and oxygen atoms in total. The summed E-state index contributed by atoms with van der Waals surface area (Å²) in [7, 11) is -3.91. The third kappa shape index (κ3) is 5.50. The number of ether oxygens (including phenoxy) is 1. The van der Waals surface area contributed by atoms with Gasteiger partial charge in [-0.15, -0.1) is 0 Å². The second-order valence-electron chi connectivity index (χ2n) is 12.2. The van der Waals surface area contributed by atoms with E-state index in [9.17, 15) is 0 Å². The van der Waals surface area contributed by atoms with Gasteiger partial charge in [-0.1, -0.05) is 41.5 Å². The molecule has 2 N–H and O–H groups in total. The van der Waals surface area contributed by atoms with Crippen molar-refractivity contribution >= 4 is 56.1 Å². The van der Waals surface area contributed by atoms with Crippen molar-refractivity contribution < 1.29 is 13.6 Å². The number of anilines is 1. The van der Waals surface area contributed by atoms with Gasteiger partial charge in [-0.25, -0.2) is 9.97 Å². The van der Waals surface area contributed by atoms with Gasteiger partial charge >= 0.3 is 0 Å². The molecule has 0 aliphatic carbocycles. The van der Waals surface area contributed by atoms with Crippen molar-refractivity contribution in [3.05, 3.63) is 16.1 Å². The number of nitrogens with zero attached hydrogens (tertiary/aromatic N) is 3. The zero-order valence-corrected chi connectivity index (χ0v) is 26.0. The summed E-state index contributed by atoms with van der Waals surface area (Å²) in [6.45, 7) is 23.3. The first-order valence-electron chi connectivity index (χ1n) is 11.7. The van der Waals surface area contributed by atoms with Crippen molar-refractivity contribution in [3.8, 4) is 0 Å². The molecule has 1 aliphatic heterocycles. The topological polar surface area (TPSA) is 84.4 Å². The van der Waals surface area contributed by atoms with Crippen LogP contribution in [0.1, 0.15) is 54.2 Å². The van der Waals surface area contributed by atoms with Crippen LogP contribution in [0.3, 0.4) is 0 Å². The van der Waals surface area contributed by atoms with Crippen LogP contribution in [0.5, 0.6) is 0 Å². The summed E-state index contributed by atoms with van der Waals surface area (Å²) in [5.41, 5.74) is 6.95. The molecule has 0 saturated carbocycles. The second kappa shape index (κ2) is 9.16. The van der Waals surface area contributed by atoms with Gasteiger partial charge in [-0.05, 0) is 58.9 Å². The van der Waals surface area contributed by atoms with E-state index >= 15 is 0 Å². The lowest BCUT2D eigenvalue weighted by Crippen LogP contribution is -2.48. The fourth-order valence-electron chi connectivity index (χ4n) is 3.49. The first-order chi connectivity index (χ1) is 14.9. The van der Waals surface area contributed by atoms with Crippen molar-refractivity contribution in [2.75, 3.05) is 12.3 Å². The van der Waals surface area contributed by atoms with E-state index in [4.69, 9.17) is 19.3 Å². The number of hydrogen-bond donors (Lipinski definition) is 1. The van der Waals surface area contributed by atoms with Crippen LogP contribution in [0.4, 0.5) is 5.82 Å². The van der Waals surface area contributed by atoms with Gasteiger partial charge in [0.2, 0.25) is 0 Å². The second-order valence-corrected chi connectivity index (χ2v) is 22.9. The zero-order chi connectivity index (χ0) is 25.0. The Kier molecular flexibility index (Phi) is 7.51. The first kappa shape index (κ1) is 27.1. The number of hydrogen-bond acceptors (Lipinski definition) is 6. The van der Waals surface area contributed by atoms with Crippen molar-refractivity contribution in [2.45, 2.75) is 103 Å². The quantitative estimate of drug-likeness (QED) is 0.307. The van der Waals surface area contributed by atoms with Crippen molar-refractivity contribution in [1.82, 2.24) is 14.5 Å². The van der Waals surface area contributed by atoms with Gasteiger partial charge < -0.3 is 23.9 Å². The van der Waals surface area contributed by atoms with Crippen LogP contribution in [0.2, 0.25) is 36.3 Å². The summed E-state index contributed by atoms with van der Waals surface area (Å²) >= 11 is 2.29. The van der Waals surface area contributed by atoms with E-state index in [1.165, 1.54) is 6.33 Å². The van der Waals surface area contributed by atoms with Crippen LogP contribution in [0.15, 0.2) is 12.5 Å². The summed E-state index contributed by atoms with van der Waals surface area (Å²) in [5.74, 6) is 0.494. The standard InChI is InChI=1S/C23H41IN4O3Si2/c1-22(2,3)32(7,8)29-13-17-16(31-33(9,10)23(4,5)6)11-18(30-17)28-12-15(24)19-20(25)26-14-27-21(19)28/h12,14,16-18H,11,13H2,1-10H3,(H2,25,26,27). The molecule has 0 amide bonds. The maximum Gasteiger partial charge on any atom is 0.192 e. The van der Waals surface area contributed by atoms with E-state index in [2.05, 4.69) is 111 Å². The van der Waals surface area contributed by atoms with E-state index in [1.807, 2.05) is 0 Å². The van der Waals surface area contributed by atoms with E-state index in [0.29, 0.717) is 12.4 Å². The summed E-state index contributed by atoms with van der Waals surface area (Å²) in [6.07, 6.45) is 3.97. The molecule has 0 bridgehead atoms. The number of rotatable bonds is 6. The first-order valence-corrected chi connectivity index (χ1v) is 18.6. The molecule has 3 atom stereocenters. The maximum atomic E-state index is 6.90. The van der Waals surface area contributed by atoms with Crippen LogP contribution >= 0.6 is 22.6 Å². The predicted octanol–water partition coefficient (Wildman–Crippen LogP) is 6.32. The minimum absolute atomic E-state index is 0.0324. The molecule has 0 radical (unpaired) electrons. The Morgan fingerprint density at radius 2 is 1.70 bits per heavy atom. The van der Waals surface area contributed by atoms with E-state index < -0.39 is 16.6 Å². The lowest BCUT2D eigenvalue weighted by atomic mass is 10.2. The van der Waals surface area contributed by atoms with Crippen LogP contribution in [-0.2, 0) is 13.6 Å². The molecule has 186 valence electrons. The molecular formula is C23H41IN4O3Si2. The van der Waals surface area contributed by atoms with Gasteiger partial charge in [0.05, 0.1) is 18.1 Å². The van der Waals surface area contributed by atoms with Gasteiger partial charge in [0.25, 0.3) is 0 Å². The average molecular weight is 605 g/mol. The Labute approximate surface area is 214 Å². The van der Waals surface area contributed by atoms with Gasteiger partial charge in [-0.3, -0.25) is 0 Å². The minimum Gasteiger partial charge on any atom is -0.414 e. The molecule has 33 heavy (non-hydrogen) atoms. The summed E-state index contributed by atoms with van der Waals surface area (Å²) < 4.78 is 23.2. The summed E-state index contributed by atoms with van der Waals surface area (Å²) in [5, 5.41) is 1.14. The minimum atomic E-state index is -1.99. The van der Waals surface area contributed by atoms with Gasteiger partial charge in [0.1, 0.15) is 30.1 Å². The molecule has 1 fully saturated rings. The highest BCUT2D eigenvalue weighted by molar-refractivity contribution is 14.1. The average Bonchev–Trinajstić information content (AvgIpc) is 3.19. The maximum absolute atomic E-state index is 6.90. The van der Waals surface area contributed by atoms with Gasteiger partial charge in [-0.2, -0.15) is 0 Å². The Bertz CT molecular complexity index is 998. The molecule has 1 saturated heterocycles. The smallest absolute Gasteiger partial charge is 0.192 e. The molecule has 2 aromatic rings. The molecular weight excluding hydrogens is 563 g/mol. The molecule has 0 aromatic carbocycles. The third-order valence-electron chi connectivity index (χ3n) is 7.75. The summed E-state index contributed by atoms with van der Waals surface area (Å²) in [6, 6.07) is 0. The van der Waals surface area contributed by atoms with Crippen molar-refractivity contribution in [3.63, 3.8) is 0 Å². The number of nitrogens with two attached hydrogens (primary N) is 1. The molecule has 3 rings (SSSR count). The fraction of sp³-hybridized carbons (Fsp3) is 0.739. The van der Waals surface area contributed by atoms with E-state index in [-0.39, 0.29) is 28.5 Å². The molecule has 3 heterocycles. The van der Waals surface area contributed by atoms with Gasteiger partial charge in [0, 0.05) is 16.2 Å². The number of fused-ring (bicyclic) bond motifs is 1. The molecule has 2 aromatic heterocycles. The lowest BCUT2D eigenvalue weighted by molar-refractivity contribution is -0.0382. The Morgan fingerprint density at radius 3 is 2.27 bits per heavy atom. The molecule has 0 spiro atoms. The van der Waals surface area contributed by atoms with Crippen LogP contribution in [0, 0.1) is 3.57 Å². The normalized spacial score (nSPS) is 22.9. The zero-order valence-electron chi connectivity index (χ0n) is 21.8. The van der Waals surface area contributed by atoms with E-state index in [1.54, 1.807) is 0 Å².